The predicted molar refractivity (Wildman–Crippen MR) is 66.9 cm³/mol. The summed E-state index contributed by atoms with van der Waals surface area (Å²) < 4.78 is 2.01. The highest BCUT2D eigenvalue weighted by molar-refractivity contribution is 5.88. The molecule has 1 aromatic carbocycles. The first-order valence-electron chi connectivity index (χ1n) is 6.19. The van der Waals surface area contributed by atoms with Gasteiger partial charge in [0.05, 0.1) is 17.4 Å². The molecule has 0 saturated heterocycles. The van der Waals surface area contributed by atoms with Crippen molar-refractivity contribution in [2.24, 2.45) is 7.05 Å². The summed E-state index contributed by atoms with van der Waals surface area (Å²) in [6, 6.07) is 6.20. The smallest absolute Gasteiger partial charge is 0.140 e. The normalized spacial score (nSPS) is 21.0. The van der Waals surface area contributed by atoms with E-state index in [-0.39, 0.29) is 5.92 Å². The Morgan fingerprint density at radius 3 is 3.06 bits per heavy atom. The molecule has 3 nitrogen and oxygen atoms in total. The van der Waals surface area contributed by atoms with Crippen molar-refractivity contribution >= 4 is 16.8 Å². The van der Waals surface area contributed by atoms with Crippen molar-refractivity contribution in [3.8, 4) is 0 Å². The van der Waals surface area contributed by atoms with Crippen LogP contribution < -0.4 is 0 Å². The van der Waals surface area contributed by atoms with Crippen LogP contribution in [0.1, 0.15) is 37.2 Å². The van der Waals surface area contributed by atoms with E-state index in [2.05, 4.69) is 17.1 Å². The number of nitrogens with zero attached hydrogens (tertiary/aromatic N) is 2. The standard InChI is InChI=1S/C14H16N2O/c1-16-9-15-12-7-6-10(8-13(12)16)11-4-2-3-5-14(11)17/h6-9,11H,2-5H2,1H3. The molecular formula is C14H16N2O. The van der Waals surface area contributed by atoms with E-state index in [1.54, 1.807) is 0 Å². The first-order chi connectivity index (χ1) is 8.25. The van der Waals surface area contributed by atoms with Gasteiger partial charge in [0.25, 0.3) is 0 Å². The average molecular weight is 228 g/mol. The molecule has 3 heteroatoms. The Kier molecular flexibility index (Phi) is 2.46. The van der Waals surface area contributed by atoms with Gasteiger partial charge in [0.1, 0.15) is 5.78 Å². The van der Waals surface area contributed by atoms with Gasteiger partial charge >= 0.3 is 0 Å². The zero-order chi connectivity index (χ0) is 11.8. The quantitative estimate of drug-likeness (QED) is 0.752. The van der Waals surface area contributed by atoms with Crippen LogP contribution >= 0.6 is 0 Å². The first-order valence-corrected chi connectivity index (χ1v) is 6.19. The number of Topliss-reactive ketones (excluding diaryl/α,β-unsaturated/α-hetero) is 1. The Balaban J connectivity index is 2.04. The van der Waals surface area contributed by atoms with Gasteiger partial charge in [-0.15, -0.1) is 0 Å². The lowest BCUT2D eigenvalue weighted by Gasteiger charge is -2.20. The van der Waals surface area contributed by atoms with Crippen molar-refractivity contribution in [1.82, 2.24) is 9.55 Å². The summed E-state index contributed by atoms with van der Waals surface area (Å²) in [6.45, 7) is 0. The predicted octanol–water partition coefficient (Wildman–Crippen LogP) is 2.80. The van der Waals surface area contributed by atoms with Gasteiger partial charge in [-0.25, -0.2) is 4.98 Å². The number of carbonyl (C=O) groups is 1. The topological polar surface area (TPSA) is 34.9 Å². The molecule has 0 radical (unpaired) electrons. The number of ketones is 1. The average Bonchev–Trinajstić information content (AvgIpc) is 2.71. The Morgan fingerprint density at radius 2 is 2.24 bits per heavy atom. The minimum atomic E-state index is 0.114. The monoisotopic (exact) mass is 228 g/mol. The van der Waals surface area contributed by atoms with E-state index < -0.39 is 0 Å². The maximum absolute atomic E-state index is 11.9. The number of hydrogen-bond donors (Lipinski definition) is 0. The number of benzene rings is 1. The SMILES string of the molecule is Cn1cnc2ccc(C3CCCCC3=O)cc21. The molecule has 1 aromatic heterocycles. The summed E-state index contributed by atoms with van der Waals surface area (Å²) in [5.74, 6) is 0.515. The second-order valence-electron chi connectivity index (χ2n) is 4.87. The van der Waals surface area contributed by atoms with E-state index in [0.29, 0.717) is 5.78 Å². The highest BCUT2D eigenvalue weighted by Crippen LogP contribution is 2.31. The number of imidazole rings is 1. The van der Waals surface area contributed by atoms with Gasteiger partial charge in [0, 0.05) is 19.4 Å². The third-order valence-electron chi connectivity index (χ3n) is 3.71. The fraction of sp³-hybridized carbons (Fsp3) is 0.429. The molecule has 1 unspecified atom stereocenters. The van der Waals surface area contributed by atoms with Crippen molar-refractivity contribution in [1.29, 1.82) is 0 Å². The summed E-state index contributed by atoms with van der Waals surface area (Å²) in [5, 5.41) is 0. The molecule has 2 aromatic rings. The van der Waals surface area contributed by atoms with E-state index in [4.69, 9.17) is 0 Å². The highest BCUT2D eigenvalue weighted by atomic mass is 16.1. The second-order valence-corrected chi connectivity index (χ2v) is 4.87. The number of rotatable bonds is 1. The molecule has 88 valence electrons. The van der Waals surface area contributed by atoms with Gasteiger partial charge in [-0.2, -0.15) is 0 Å². The Bertz CT molecular complexity index is 571. The lowest BCUT2D eigenvalue weighted by atomic mass is 9.83. The number of fused-ring (bicyclic) bond motifs is 1. The van der Waals surface area contributed by atoms with Crippen LogP contribution in [0.25, 0.3) is 11.0 Å². The summed E-state index contributed by atoms with van der Waals surface area (Å²) in [4.78, 5) is 16.2. The molecule has 1 saturated carbocycles. The molecule has 1 aliphatic carbocycles. The van der Waals surface area contributed by atoms with Gasteiger partial charge in [0.2, 0.25) is 0 Å². The van der Waals surface area contributed by atoms with Crippen LogP contribution in [0, 0.1) is 0 Å². The Hall–Kier alpha value is -1.64. The van der Waals surface area contributed by atoms with Crippen molar-refractivity contribution in [2.75, 3.05) is 0 Å². The molecule has 17 heavy (non-hydrogen) atoms. The third-order valence-corrected chi connectivity index (χ3v) is 3.71. The molecule has 1 heterocycles. The number of carbonyl (C=O) groups excluding carboxylic acids is 1. The molecule has 1 atom stereocenters. The van der Waals surface area contributed by atoms with Gasteiger partial charge in [-0.05, 0) is 30.5 Å². The summed E-state index contributed by atoms with van der Waals surface area (Å²) >= 11 is 0. The first kappa shape index (κ1) is 10.5. The lowest BCUT2D eigenvalue weighted by molar-refractivity contribution is -0.121. The number of aromatic nitrogens is 2. The molecule has 3 rings (SSSR count). The van der Waals surface area contributed by atoms with Gasteiger partial charge < -0.3 is 4.57 Å². The molecule has 1 fully saturated rings. The van der Waals surface area contributed by atoms with Crippen LogP contribution in [-0.2, 0) is 11.8 Å². The van der Waals surface area contributed by atoms with Crippen LogP contribution in [0.4, 0.5) is 0 Å². The van der Waals surface area contributed by atoms with Crippen LogP contribution in [0.3, 0.4) is 0 Å². The van der Waals surface area contributed by atoms with Crippen LogP contribution in [0.15, 0.2) is 24.5 Å². The van der Waals surface area contributed by atoms with Crippen LogP contribution in [0.5, 0.6) is 0 Å². The van der Waals surface area contributed by atoms with E-state index >= 15 is 0 Å². The van der Waals surface area contributed by atoms with E-state index in [0.717, 1.165) is 35.9 Å². The minimum absolute atomic E-state index is 0.114. The van der Waals surface area contributed by atoms with Gasteiger partial charge in [0.15, 0.2) is 0 Å². The van der Waals surface area contributed by atoms with E-state index in [1.807, 2.05) is 24.0 Å². The number of hydrogen-bond acceptors (Lipinski definition) is 2. The lowest BCUT2D eigenvalue weighted by Crippen LogP contribution is -2.16. The van der Waals surface area contributed by atoms with Crippen molar-refractivity contribution in [3.05, 3.63) is 30.1 Å². The zero-order valence-electron chi connectivity index (χ0n) is 10.0. The maximum atomic E-state index is 11.9. The van der Waals surface area contributed by atoms with Crippen molar-refractivity contribution < 1.29 is 4.79 Å². The van der Waals surface area contributed by atoms with Gasteiger partial charge in [-0.1, -0.05) is 12.5 Å². The molecule has 1 aliphatic rings. The minimum Gasteiger partial charge on any atom is -0.334 e. The zero-order valence-corrected chi connectivity index (χ0v) is 10.0. The fourth-order valence-electron chi connectivity index (χ4n) is 2.70. The van der Waals surface area contributed by atoms with Gasteiger partial charge in [-0.3, -0.25) is 4.79 Å². The Morgan fingerprint density at radius 1 is 1.35 bits per heavy atom. The molecule has 0 amide bonds. The van der Waals surface area contributed by atoms with Crippen molar-refractivity contribution in [2.45, 2.75) is 31.6 Å². The molecule has 0 aliphatic heterocycles. The second kappa shape index (κ2) is 3.99. The van der Waals surface area contributed by atoms with Crippen LogP contribution in [0.2, 0.25) is 0 Å². The number of aryl methyl sites for hydroxylation is 1. The van der Waals surface area contributed by atoms with Crippen LogP contribution in [-0.4, -0.2) is 15.3 Å². The summed E-state index contributed by atoms with van der Waals surface area (Å²) in [7, 11) is 1.99. The fourth-order valence-corrected chi connectivity index (χ4v) is 2.70. The van der Waals surface area contributed by atoms with E-state index in [1.165, 1.54) is 6.42 Å². The molecule has 0 N–H and O–H groups in total. The third kappa shape index (κ3) is 1.75. The Labute approximate surface area is 100 Å². The largest absolute Gasteiger partial charge is 0.334 e. The molecular weight excluding hydrogens is 212 g/mol. The molecule has 0 bridgehead atoms. The van der Waals surface area contributed by atoms with E-state index in [9.17, 15) is 4.79 Å². The maximum Gasteiger partial charge on any atom is 0.140 e. The molecule has 0 spiro atoms. The van der Waals surface area contributed by atoms with Crippen molar-refractivity contribution in [3.63, 3.8) is 0 Å². The highest BCUT2D eigenvalue weighted by Gasteiger charge is 2.24. The summed E-state index contributed by atoms with van der Waals surface area (Å²) in [5.41, 5.74) is 3.27. The summed E-state index contributed by atoms with van der Waals surface area (Å²) in [6.07, 6.45) is 5.79.